The summed E-state index contributed by atoms with van der Waals surface area (Å²) in [7, 11) is 6.10. The Morgan fingerprint density at radius 3 is 2.19 bits per heavy atom. The number of hydrogen-bond acceptors (Lipinski definition) is 6. The number of carboxylic acid groups (broad SMARTS) is 1. The van der Waals surface area contributed by atoms with Crippen molar-refractivity contribution in [2.24, 2.45) is 0 Å². The van der Waals surface area contributed by atoms with E-state index in [-0.39, 0.29) is 18.4 Å². The number of carboxylic acids is 1. The first-order valence-corrected chi connectivity index (χ1v) is 8.29. The number of hydrogen-bond donors (Lipinski definition) is 1. The Bertz CT molecular complexity index is 636. The van der Waals surface area contributed by atoms with Crippen molar-refractivity contribution in [1.29, 1.82) is 0 Å². The summed E-state index contributed by atoms with van der Waals surface area (Å²) in [5.41, 5.74) is 0.835. The fourth-order valence-corrected chi connectivity index (χ4v) is 3.15. The summed E-state index contributed by atoms with van der Waals surface area (Å²) >= 11 is 0. The van der Waals surface area contributed by atoms with Crippen LogP contribution in [0.1, 0.15) is 18.4 Å². The Morgan fingerprint density at radius 2 is 1.73 bits per heavy atom. The molecule has 1 aromatic rings. The van der Waals surface area contributed by atoms with Crippen LogP contribution in [0.2, 0.25) is 0 Å². The highest BCUT2D eigenvalue weighted by Gasteiger charge is 2.39. The molecule has 1 amide bonds. The maximum Gasteiger partial charge on any atom is 0.326 e. The van der Waals surface area contributed by atoms with E-state index < -0.39 is 12.0 Å². The third-order valence-corrected chi connectivity index (χ3v) is 4.55. The SMILES string of the molecule is COc1cc(CCC(=O)N2CC(OC)CC2C(=O)O)cc(OC)c1OC. The number of ether oxygens (including phenoxy) is 4. The van der Waals surface area contributed by atoms with Gasteiger partial charge in [-0.05, 0) is 24.1 Å². The molecule has 1 fully saturated rings. The van der Waals surface area contributed by atoms with E-state index in [1.54, 1.807) is 12.1 Å². The molecule has 0 bridgehead atoms. The smallest absolute Gasteiger partial charge is 0.326 e. The summed E-state index contributed by atoms with van der Waals surface area (Å²) in [4.78, 5) is 25.3. The lowest BCUT2D eigenvalue weighted by atomic mass is 10.1. The van der Waals surface area contributed by atoms with Crippen molar-refractivity contribution >= 4 is 11.9 Å². The molecule has 1 aliphatic heterocycles. The Labute approximate surface area is 152 Å². The number of amides is 1. The van der Waals surface area contributed by atoms with Gasteiger partial charge in [0.15, 0.2) is 11.5 Å². The lowest BCUT2D eigenvalue weighted by Gasteiger charge is -2.21. The molecule has 0 spiro atoms. The minimum absolute atomic E-state index is 0.179. The van der Waals surface area contributed by atoms with Gasteiger partial charge >= 0.3 is 5.97 Å². The highest BCUT2D eigenvalue weighted by Crippen LogP contribution is 2.38. The van der Waals surface area contributed by atoms with Gasteiger partial charge in [0.25, 0.3) is 0 Å². The number of carbonyl (C=O) groups is 2. The zero-order valence-electron chi connectivity index (χ0n) is 15.5. The predicted octanol–water partition coefficient (Wildman–Crippen LogP) is 1.35. The molecule has 8 nitrogen and oxygen atoms in total. The van der Waals surface area contributed by atoms with Crippen LogP contribution >= 0.6 is 0 Å². The average Bonchev–Trinajstić information content (AvgIpc) is 3.10. The summed E-state index contributed by atoms with van der Waals surface area (Å²) in [6.45, 7) is 0.293. The molecular weight excluding hydrogens is 342 g/mol. The van der Waals surface area contributed by atoms with Gasteiger partial charge in [0.05, 0.1) is 27.4 Å². The average molecular weight is 367 g/mol. The lowest BCUT2D eigenvalue weighted by Crippen LogP contribution is -2.40. The molecule has 0 aromatic heterocycles. The number of nitrogens with zero attached hydrogens (tertiary/aromatic N) is 1. The number of aryl methyl sites for hydroxylation is 1. The van der Waals surface area contributed by atoms with Gasteiger partial charge < -0.3 is 29.0 Å². The highest BCUT2D eigenvalue weighted by atomic mass is 16.5. The van der Waals surface area contributed by atoms with Crippen molar-refractivity contribution in [1.82, 2.24) is 4.90 Å². The number of aliphatic carboxylic acids is 1. The van der Waals surface area contributed by atoms with Crippen LogP contribution in [0.3, 0.4) is 0 Å². The van der Waals surface area contributed by atoms with Gasteiger partial charge in [0.1, 0.15) is 6.04 Å². The van der Waals surface area contributed by atoms with E-state index >= 15 is 0 Å². The van der Waals surface area contributed by atoms with E-state index in [0.29, 0.717) is 36.6 Å². The van der Waals surface area contributed by atoms with Crippen LogP contribution in [0.15, 0.2) is 12.1 Å². The second-order valence-electron chi connectivity index (χ2n) is 6.03. The monoisotopic (exact) mass is 367 g/mol. The van der Waals surface area contributed by atoms with Crippen LogP contribution in [0.5, 0.6) is 17.2 Å². The van der Waals surface area contributed by atoms with E-state index in [0.717, 1.165) is 5.56 Å². The highest BCUT2D eigenvalue weighted by molar-refractivity contribution is 5.84. The zero-order chi connectivity index (χ0) is 19.3. The van der Waals surface area contributed by atoms with Crippen LogP contribution in [0.25, 0.3) is 0 Å². The molecular formula is C18H25NO7. The normalized spacial score (nSPS) is 19.3. The predicted molar refractivity (Wildman–Crippen MR) is 93.0 cm³/mol. The number of rotatable bonds is 8. The molecule has 1 heterocycles. The van der Waals surface area contributed by atoms with E-state index in [2.05, 4.69) is 0 Å². The molecule has 1 aromatic carbocycles. The summed E-state index contributed by atoms with van der Waals surface area (Å²) < 4.78 is 21.1. The van der Waals surface area contributed by atoms with Crippen LogP contribution in [-0.4, -0.2) is 69.0 Å². The van der Waals surface area contributed by atoms with E-state index in [1.807, 2.05) is 0 Å². The van der Waals surface area contributed by atoms with Gasteiger partial charge in [-0.25, -0.2) is 4.79 Å². The molecule has 1 N–H and O–H groups in total. The van der Waals surface area contributed by atoms with Crippen molar-refractivity contribution in [2.75, 3.05) is 35.0 Å². The largest absolute Gasteiger partial charge is 0.493 e. The molecule has 144 valence electrons. The quantitative estimate of drug-likeness (QED) is 0.741. The van der Waals surface area contributed by atoms with Crippen molar-refractivity contribution in [3.05, 3.63) is 17.7 Å². The van der Waals surface area contributed by atoms with Crippen LogP contribution in [-0.2, 0) is 20.7 Å². The Morgan fingerprint density at radius 1 is 1.12 bits per heavy atom. The molecule has 2 atom stereocenters. The summed E-state index contributed by atoms with van der Waals surface area (Å²) in [5, 5.41) is 9.33. The maximum absolute atomic E-state index is 12.5. The molecule has 1 saturated heterocycles. The van der Waals surface area contributed by atoms with Crippen LogP contribution in [0.4, 0.5) is 0 Å². The third-order valence-electron chi connectivity index (χ3n) is 4.55. The molecule has 8 heteroatoms. The minimum Gasteiger partial charge on any atom is -0.493 e. The van der Waals surface area contributed by atoms with Crippen molar-refractivity contribution in [3.8, 4) is 17.2 Å². The van der Waals surface area contributed by atoms with E-state index in [9.17, 15) is 14.7 Å². The van der Waals surface area contributed by atoms with Crippen LogP contribution < -0.4 is 14.2 Å². The van der Waals surface area contributed by atoms with Gasteiger partial charge in [0, 0.05) is 26.5 Å². The number of likely N-dealkylation sites (tertiary alicyclic amines) is 1. The lowest BCUT2D eigenvalue weighted by molar-refractivity contribution is -0.148. The van der Waals surface area contributed by atoms with Gasteiger partial charge in [0.2, 0.25) is 11.7 Å². The molecule has 1 aliphatic rings. The minimum atomic E-state index is -1.01. The fourth-order valence-electron chi connectivity index (χ4n) is 3.15. The number of carbonyl (C=O) groups excluding carboxylic acids is 1. The Hall–Kier alpha value is -2.48. The van der Waals surface area contributed by atoms with Crippen LogP contribution in [0, 0.1) is 0 Å². The second kappa shape index (κ2) is 8.75. The van der Waals surface area contributed by atoms with Gasteiger partial charge in [-0.3, -0.25) is 4.79 Å². The maximum atomic E-state index is 12.5. The first kappa shape index (κ1) is 19.8. The Kier molecular flexibility index (Phi) is 6.68. The molecule has 2 rings (SSSR count). The zero-order valence-corrected chi connectivity index (χ0v) is 15.5. The molecule has 26 heavy (non-hydrogen) atoms. The number of methoxy groups -OCH3 is 4. The van der Waals surface area contributed by atoms with E-state index in [4.69, 9.17) is 18.9 Å². The number of benzene rings is 1. The molecule has 2 unspecified atom stereocenters. The van der Waals surface area contributed by atoms with Gasteiger partial charge in [-0.15, -0.1) is 0 Å². The van der Waals surface area contributed by atoms with Gasteiger partial charge in [-0.1, -0.05) is 0 Å². The molecule has 0 saturated carbocycles. The molecule has 0 aliphatic carbocycles. The topological polar surface area (TPSA) is 94.5 Å². The first-order valence-electron chi connectivity index (χ1n) is 8.29. The second-order valence-corrected chi connectivity index (χ2v) is 6.03. The standard InChI is InChI=1S/C18H25NO7/c1-23-12-9-13(18(21)22)19(10-12)16(20)6-5-11-7-14(24-2)17(26-4)15(8-11)25-3/h7-8,12-13H,5-6,9-10H2,1-4H3,(H,21,22). The summed E-state index contributed by atoms with van der Waals surface area (Å²) in [6, 6.07) is 2.73. The van der Waals surface area contributed by atoms with Gasteiger partial charge in [-0.2, -0.15) is 0 Å². The van der Waals surface area contributed by atoms with Crippen molar-refractivity contribution in [3.63, 3.8) is 0 Å². The molecule has 0 radical (unpaired) electrons. The first-order chi connectivity index (χ1) is 12.4. The van der Waals surface area contributed by atoms with Crippen molar-refractivity contribution in [2.45, 2.75) is 31.4 Å². The fraction of sp³-hybridized carbons (Fsp3) is 0.556. The summed E-state index contributed by atoms with van der Waals surface area (Å²) in [6.07, 6.45) is 0.664. The van der Waals surface area contributed by atoms with E-state index in [1.165, 1.54) is 33.3 Å². The summed E-state index contributed by atoms with van der Waals surface area (Å²) in [5.74, 6) is 0.284. The Balaban J connectivity index is 2.10. The third kappa shape index (κ3) is 4.19. The van der Waals surface area contributed by atoms with Crippen molar-refractivity contribution < 1.29 is 33.6 Å².